The van der Waals surface area contributed by atoms with E-state index in [0.29, 0.717) is 18.4 Å². The van der Waals surface area contributed by atoms with Crippen molar-refractivity contribution in [1.29, 1.82) is 0 Å². The van der Waals surface area contributed by atoms with Crippen LogP contribution in [0.4, 0.5) is 0 Å². The van der Waals surface area contributed by atoms with Crippen LogP contribution in [0.25, 0.3) is 0 Å². The van der Waals surface area contributed by atoms with E-state index in [-0.39, 0.29) is 11.5 Å². The molecule has 1 rings (SSSR count). The molecule has 0 aromatic rings. The minimum Gasteiger partial charge on any atom is -0.513 e. The third-order valence-corrected chi connectivity index (χ3v) is 1.51. The molecule has 1 aliphatic rings. The number of ketones is 1. The van der Waals surface area contributed by atoms with Gasteiger partial charge in [0.25, 0.3) is 0 Å². The van der Waals surface area contributed by atoms with Crippen LogP contribution >= 0.6 is 0 Å². The fourth-order valence-corrected chi connectivity index (χ4v) is 1.04. The van der Waals surface area contributed by atoms with Gasteiger partial charge in [-0.05, 0) is 12.0 Å². The standard InChI is InChI=1S/C8H10O2/c1-6(9)5-7-3-2-4-8(7)10/h3,9H,1-2,4-5H2. The van der Waals surface area contributed by atoms with Gasteiger partial charge < -0.3 is 5.11 Å². The van der Waals surface area contributed by atoms with Gasteiger partial charge in [-0.3, -0.25) is 4.79 Å². The van der Waals surface area contributed by atoms with E-state index in [4.69, 9.17) is 5.11 Å². The number of rotatable bonds is 2. The Hall–Kier alpha value is -1.05. The summed E-state index contributed by atoms with van der Waals surface area (Å²) in [5, 5.41) is 8.74. The first kappa shape index (κ1) is 7.06. The third kappa shape index (κ3) is 1.47. The molecule has 2 nitrogen and oxygen atoms in total. The summed E-state index contributed by atoms with van der Waals surface area (Å²) in [4.78, 5) is 10.9. The lowest BCUT2D eigenvalue weighted by Gasteiger charge is -1.96. The Morgan fingerprint density at radius 2 is 2.50 bits per heavy atom. The number of carbonyl (C=O) groups is 1. The second kappa shape index (κ2) is 2.69. The first-order chi connectivity index (χ1) is 4.70. The minimum atomic E-state index is 0.0708. The largest absolute Gasteiger partial charge is 0.513 e. The molecule has 0 saturated carbocycles. The van der Waals surface area contributed by atoms with E-state index in [0.717, 1.165) is 6.42 Å². The summed E-state index contributed by atoms with van der Waals surface area (Å²) in [5.74, 6) is 0.219. The molecular formula is C8H10O2. The second-order valence-electron chi connectivity index (χ2n) is 2.43. The van der Waals surface area contributed by atoms with E-state index in [9.17, 15) is 4.79 Å². The Balaban J connectivity index is 2.56. The second-order valence-corrected chi connectivity index (χ2v) is 2.43. The molecule has 1 aliphatic carbocycles. The number of carbonyl (C=O) groups excluding carboxylic acids is 1. The normalized spacial score (nSPS) is 17.2. The molecular weight excluding hydrogens is 128 g/mol. The number of aliphatic hydroxyl groups excluding tert-OH is 1. The van der Waals surface area contributed by atoms with Crippen LogP contribution in [0.5, 0.6) is 0 Å². The topological polar surface area (TPSA) is 37.3 Å². The van der Waals surface area contributed by atoms with Crippen LogP contribution in [0, 0.1) is 0 Å². The van der Waals surface area contributed by atoms with Gasteiger partial charge >= 0.3 is 0 Å². The lowest BCUT2D eigenvalue weighted by Crippen LogP contribution is -1.96. The van der Waals surface area contributed by atoms with Gasteiger partial charge in [0.15, 0.2) is 5.78 Å². The molecule has 2 heteroatoms. The van der Waals surface area contributed by atoms with Gasteiger partial charge in [0.05, 0.1) is 5.76 Å². The molecule has 0 radical (unpaired) electrons. The Morgan fingerprint density at radius 1 is 1.80 bits per heavy atom. The maximum absolute atomic E-state index is 10.9. The van der Waals surface area contributed by atoms with Crippen LogP contribution in [0.3, 0.4) is 0 Å². The smallest absolute Gasteiger partial charge is 0.159 e. The lowest BCUT2D eigenvalue weighted by molar-refractivity contribution is -0.115. The monoisotopic (exact) mass is 138 g/mol. The third-order valence-electron chi connectivity index (χ3n) is 1.51. The minimum absolute atomic E-state index is 0.0708. The predicted octanol–water partition coefficient (Wildman–Crippen LogP) is 1.74. The Labute approximate surface area is 59.9 Å². The average molecular weight is 138 g/mol. The van der Waals surface area contributed by atoms with Gasteiger partial charge in [-0.15, -0.1) is 0 Å². The van der Waals surface area contributed by atoms with Crippen LogP contribution in [0.2, 0.25) is 0 Å². The van der Waals surface area contributed by atoms with Crippen molar-refractivity contribution in [2.75, 3.05) is 0 Å². The maximum atomic E-state index is 10.9. The summed E-state index contributed by atoms with van der Waals surface area (Å²) in [6.07, 6.45) is 3.62. The van der Waals surface area contributed by atoms with Crippen molar-refractivity contribution in [3.05, 3.63) is 24.0 Å². The average Bonchev–Trinajstić information content (AvgIpc) is 2.15. The molecule has 0 amide bonds. The molecule has 0 aromatic carbocycles. The first-order valence-electron chi connectivity index (χ1n) is 3.29. The van der Waals surface area contributed by atoms with Gasteiger partial charge in [0.1, 0.15) is 0 Å². The number of hydrogen-bond donors (Lipinski definition) is 1. The van der Waals surface area contributed by atoms with Crippen LogP contribution < -0.4 is 0 Å². The zero-order valence-electron chi connectivity index (χ0n) is 5.76. The van der Waals surface area contributed by atoms with E-state index >= 15 is 0 Å². The summed E-state index contributed by atoms with van der Waals surface area (Å²) in [7, 11) is 0. The summed E-state index contributed by atoms with van der Waals surface area (Å²) in [6, 6.07) is 0. The molecule has 54 valence electrons. The molecule has 0 spiro atoms. The number of hydrogen-bond acceptors (Lipinski definition) is 2. The van der Waals surface area contributed by atoms with Crippen molar-refractivity contribution in [1.82, 2.24) is 0 Å². The molecule has 0 aliphatic heterocycles. The van der Waals surface area contributed by atoms with E-state index in [1.807, 2.05) is 6.08 Å². The quantitative estimate of drug-likeness (QED) is 0.590. The van der Waals surface area contributed by atoms with E-state index in [1.165, 1.54) is 0 Å². The highest BCUT2D eigenvalue weighted by atomic mass is 16.3. The molecule has 0 unspecified atom stereocenters. The fraction of sp³-hybridized carbons (Fsp3) is 0.375. The van der Waals surface area contributed by atoms with Crippen LogP contribution in [0.15, 0.2) is 24.0 Å². The van der Waals surface area contributed by atoms with Crippen LogP contribution in [-0.2, 0) is 4.79 Å². The van der Waals surface area contributed by atoms with Crippen LogP contribution in [-0.4, -0.2) is 10.9 Å². The fourth-order valence-electron chi connectivity index (χ4n) is 1.04. The molecule has 0 heterocycles. The number of aliphatic hydroxyl groups is 1. The first-order valence-corrected chi connectivity index (χ1v) is 3.29. The maximum Gasteiger partial charge on any atom is 0.159 e. The van der Waals surface area contributed by atoms with E-state index < -0.39 is 0 Å². The summed E-state index contributed by atoms with van der Waals surface area (Å²) < 4.78 is 0. The highest BCUT2D eigenvalue weighted by Crippen LogP contribution is 2.18. The summed E-state index contributed by atoms with van der Waals surface area (Å²) in [5.41, 5.74) is 0.715. The van der Waals surface area contributed by atoms with Crippen molar-refractivity contribution >= 4 is 5.78 Å². The van der Waals surface area contributed by atoms with Gasteiger partial charge in [0.2, 0.25) is 0 Å². The van der Waals surface area contributed by atoms with Crippen molar-refractivity contribution in [3.8, 4) is 0 Å². The van der Waals surface area contributed by atoms with Gasteiger partial charge in [0, 0.05) is 12.8 Å². The van der Waals surface area contributed by atoms with Gasteiger partial charge in [-0.1, -0.05) is 12.7 Å². The molecule has 0 bridgehead atoms. The SMILES string of the molecule is C=C(O)CC1=CCCC1=O. The van der Waals surface area contributed by atoms with Crippen molar-refractivity contribution in [2.24, 2.45) is 0 Å². The molecule has 0 fully saturated rings. The number of allylic oxidation sites excluding steroid dienone is 2. The van der Waals surface area contributed by atoms with E-state index in [2.05, 4.69) is 6.58 Å². The zero-order valence-corrected chi connectivity index (χ0v) is 5.76. The Kier molecular flexibility index (Phi) is 1.90. The Bertz CT molecular complexity index is 201. The highest BCUT2D eigenvalue weighted by Gasteiger charge is 2.14. The molecule has 1 N–H and O–H groups in total. The van der Waals surface area contributed by atoms with Crippen molar-refractivity contribution < 1.29 is 9.90 Å². The number of Topliss-reactive ketones (excluding diaryl/α,β-unsaturated/α-hetero) is 1. The zero-order chi connectivity index (χ0) is 7.56. The Morgan fingerprint density at radius 3 is 2.90 bits per heavy atom. The van der Waals surface area contributed by atoms with Crippen molar-refractivity contribution in [3.63, 3.8) is 0 Å². The highest BCUT2D eigenvalue weighted by molar-refractivity contribution is 5.97. The summed E-state index contributed by atoms with van der Waals surface area (Å²) in [6.45, 7) is 3.32. The van der Waals surface area contributed by atoms with Crippen molar-refractivity contribution in [2.45, 2.75) is 19.3 Å². The lowest BCUT2D eigenvalue weighted by atomic mass is 10.1. The van der Waals surface area contributed by atoms with Gasteiger partial charge in [-0.25, -0.2) is 0 Å². The molecule has 0 saturated heterocycles. The summed E-state index contributed by atoms with van der Waals surface area (Å²) >= 11 is 0. The predicted molar refractivity (Wildman–Crippen MR) is 38.7 cm³/mol. The van der Waals surface area contributed by atoms with E-state index in [1.54, 1.807) is 0 Å². The molecule has 0 aromatic heterocycles. The van der Waals surface area contributed by atoms with Crippen LogP contribution in [0.1, 0.15) is 19.3 Å². The molecule has 10 heavy (non-hydrogen) atoms. The van der Waals surface area contributed by atoms with Gasteiger partial charge in [-0.2, -0.15) is 0 Å². The molecule has 0 atom stereocenters.